The summed E-state index contributed by atoms with van der Waals surface area (Å²) in [5.74, 6) is 1.96. The van der Waals surface area contributed by atoms with E-state index in [1.807, 2.05) is 29.8 Å². The van der Waals surface area contributed by atoms with Crippen molar-refractivity contribution in [2.45, 2.75) is 24.1 Å². The minimum Gasteiger partial charge on any atom is -0.507 e. The molecule has 16 heavy (non-hydrogen) atoms. The summed E-state index contributed by atoms with van der Waals surface area (Å²) in [5, 5.41) is 13.7. The van der Waals surface area contributed by atoms with Crippen molar-refractivity contribution in [3.8, 4) is 5.75 Å². The van der Waals surface area contributed by atoms with Gasteiger partial charge in [-0.3, -0.25) is 0 Å². The number of aromatic hydroxyl groups is 1. The smallest absolute Gasteiger partial charge is 0.138 e. The van der Waals surface area contributed by atoms with Crippen LogP contribution in [0.15, 0.2) is 35.5 Å². The van der Waals surface area contributed by atoms with E-state index in [1.54, 1.807) is 24.2 Å². The third-order valence-corrected chi connectivity index (χ3v) is 3.28. The van der Waals surface area contributed by atoms with E-state index in [4.69, 9.17) is 0 Å². The van der Waals surface area contributed by atoms with Crippen LogP contribution < -0.4 is 0 Å². The molecule has 0 aliphatic carbocycles. The zero-order valence-electron chi connectivity index (χ0n) is 9.00. The molecule has 4 nitrogen and oxygen atoms in total. The van der Waals surface area contributed by atoms with Gasteiger partial charge in [0.05, 0.1) is 5.75 Å². The Morgan fingerprint density at radius 3 is 2.94 bits per heavy atom. The van der Waals surface area contributed by atoms with Crippen LogP contribution in [0.5, 0.6) is 5.75 Å². The van der Waals surface area contributed by atoms with E-state index in [-0.39, 0.29) is 0 Å². The van der Waals surface area contributed by atoms with Gasteiger partial charge < -0.3 is 5.11 Å². The van der Waals surface area contributed by atoms with Gasteiger partial charge in [-0.15, -0.1) is 11.8 Å². The van der Waals surface area contributed by atoms with Gasteiger partial charge in [0.1, 0.15) is 17.9 Å². The molecule has 1 heterocycles. The Labute approximate surface area is 98.3 Å². The number of nitrogens with zero attached hydrogens (tertiary/aromatic N) is 3. The van der Waals surface area contributed by atoms with Crippen molar-refractivity contribution >= 4 is 11.8 Å². The molecule has 0 atom stereocenters. The molecule has 5 heteroatoms. The quantitative estimate of drug-likeness (QED) is 0.826. The maximum atomic E-state index is 9.60. The first-order valence-electron chi connectivity index (χ1n) is 5.08. The normalized spacial score (nSPS) is 10.6. The Morgan fingerprint density at radius 1 is 1.38 bits per heavy atom. The summed E-state index contributed by atoms with van der Waals surface area (Å²) in [6, 6.07) is 7.31. The third kappa shape index (κ3) is 2.36. The molecule has 0 saturated heterocycles. The molecule has 1 N–H and O–H groups in total. The van der Waals surface area contributed by atoms with Gasteiger partial charge in [0.15, 0.2) is 0 Å². The van der Waals surface area contributed by atoms with Gasteiger partial charge in [0.25, 0.3) is 0 Å². The Balaban J connectivity index is 2.05. The number of hydrogen-bond donors (Lipinski definition) is 1. The Morgan fingerprint density at radius 2 is 2.19 bits per heavy atom. The molecule has 0 aliphatic rings. The van der Waals surface area contributed by atoms with E-state index in [2.05, 4.69) is 10.1 Å². The van der Waals surface area contributed by atoms with Gasteiger partial charge in [0.2, 0.25) is 0 Å². The van der Waals surface area contributed by atoms with Gasteiger partial charge in [0, 0.05) is 11.4 Å². The number of rotatable bonds is 4. The van der Waals surface area contributed by atoms with Crippen LogP contribution in [0.25, 0.3) is 0 Å². The fraction of sp³-hybridized carbons (Fsp3) is 0.273. The molecule has 1 aromatic carbocycles. The lowest BCUT2D eigenvalue weighted by atomic mass is 10.3. The van der Waals surface area contributed by atoms with Crippen molar-refractivity contribution in [3.05, 3.63) is 36.4 Å². The van der Waals surface area contributed by atoms with Crippen LogP contribution in [0.1, 0.15) is 12.7 Å². The van der Waals surface area contributed by atoms with E-state index in [0.717, 1.165) is 17.3 Å². The molecule has 2 aromatic rings. The summed E-state index contributed by atoms with van der Waals surface area (Å²) in [5.41, 5.74) is 0. The summed E-state index contributed by atoms with van der Waals surface area (Å²) in [7, 11) is 0. The van der Waals surface area contributed by atoms with Crippen molar-refractivity contribution < 1.29 is 5.11 Å². The molecule has 84 valence electrons. The molecule has 0 saturated carbocycles. The number of phenolic OH excluding ortho intramolecular Hbond substituents is 1. The van der Waals surface area contributed by atoms with E-state index in [1.165, 1.54) is 0 Å². The van der Waals surface area contributed by atoms with Crippen LogP contribution in [0, 0.1) is 0 Å². The van der Waals surface area contributed by atoms with E-state index in [9.17, 15) is 5.11 Å². The van der Waals surface area contributed by atoms with Crippen molar-refractivity contribution in [2.75, 3.05) is 0 Å². The number of phenols is 1. The molecule has 0 spiro atoms. The lowest BCUT2D eigenvalue weighted by Crippen LogP contribution is -2.01. The lowest BCUT2D eigenvalue weighted by molar-refractivity contribution is 0.462. The molecule has 0 fully saturated rings. The van der Waals surface area contributed by atoms with Gasteiger partial charge in [-0.1, -0.05) is 12.1 Å². The van der Waals surface area contributed by atoms with Crippen LogP contribution in [0.4, 0.5) is 0 Å². The first kappa shape index (κ1) is 11.0. The van der Waals surface area contributed by atoms with E-state index in [0.29, 0.717) is 11.5 Å². The first-order valence-corrected chi connectivity index (χ1v) is 6.07. The molecule has 0 aliphatic heterocycles. The van der Waals surface area contributed by atoms with Crippen LogP contribution in [-0.4, -0.2) is 19.9 Å². The Hall–Kier alpha value is -1.49. The fourth-order valence-corrected chi connectivity index (χ4v) is 2.28. The van der Waals surface area contributed by atoms with E-state index >= 15 is 0 Å². The standard InChI is InChI=1S/C11H13N3OS/c1-2-14-11(12-8-13-14)7-16-10-6-4-3-5-9(10)15/h3-6,8,15H,2,7H2,1H3. The summed E-state index contributed by atoms with van der Waals surface area (Å²) in [6.07, 6.45) is 1.56. The zero-order valence-corrected chi connectivity index (χ0v) is 9.81. The minimum atomic E-state index is 0.315. The summed E-state index contributed by atoms with van der Waals surface area (Å²) >= 11 is 1.56. The molecule has 0 radical (unpaired) electrons. The van der Waals surface area contributed by atoms with Crippen LogP contribution in [0.2, 0.25) is 0 Å². The third-order valence-electron chi connectivity index (χ3n) is 2.22. The molecular formula is C11H13N3OS. The predicted octanol–water partition coefficient (Wildman–Crippen LogP) is 2.30. The van der Waals surface area contributed by atoms with Crippen molar-refractivity contribution in [3.63, 3.8) is 0 Å². The molecule has 0 amide bonds. The van der Waals surface area contributed by atoms with Crippen LogP contribution in [-0.2, 0) is 12.3 Å². The molecular weight excluding hydrogens is 222 g/mol. The minimum absolute atomic E-state index is 0.315. The number of para-hydroxylation sites is 1. The summed E-state index contributed by atoms with van der Waals surface area (Å²) < 4.78 is 1.85. The second-order valence-electron chi connectivity index (χ2n) is 3.25. The number of aryl methyl sites for hydroxylation is 1. The maximum Gasteiger partial charge on any atom is 0.138 e. The predicted molar refractivity (Wildman–Crippen MR) is 63.4 cm³/mol. The molecule has 2 rings (SSSR count). The SMILES string of the molecule is CCn1ncnc1CSc1ccccc1O. The van der Waals surface area contributed by atoms with Crippen LogP contribution in [0.3, 0.4) is 0 Å². The highest BCUT2D eigenvalue weighted by molar-refractivity contribution is 7.98. The average Bonchev–Trinajstić information content (AvgIpc) is 2.75. The van der Waals surface area contributed by atoms with Gasteiger partial charge >= 0.3 is 0 Å². The first-order chi connectivity index (χ1) is 7.81. The fourth-order valence-electron chi connectivity index (χ4n) is 1.39. The topological polar surface area (TPSA) is 50.9 Å². The average molecular weight is 235 g/mol. The number of hydrogen-bond acceptors (Lipinski definition) is 4. The summed E-state index contributed by atoms with van der Waals surface area (Å²) in [6.45, 7) is 2.85. The van der Waals surface area contributed by atoms with Gasteiger partial charge in [-0.05, 0) is 19.1 Å². The zero-order chi connectivity index (χ0) is 11.4. The highest BCUT2D eigenvalue weighted by atomic mass is 32.2. The van der Waals surface area contributed by atoms with E-state index < -0.39 is 0 Å². The Bertz CT molecular complexity index is 470. The largest absolute Gasteiger partial charge is 0.507 e. The molecule has 1 aromatic heterocycles. The van der Waals surface area contributed by atoms with Crippen molar-refractivity contribution in [2.24, 2.45) is 0 Å². The number of aromatic nitrogens is 3. The van der Waals surface area contributed by atoms with Crippen LogP contribution >= 0.6 is 11.8 Å². The number of thioether (sulfide) groups is 1. The van der Waals surface area contributed by atoms with Gasteiger partial charge in [-0.25, -0.2) is 9.67 Å². The second kappa shape index (κ2) is 5.03. The highest BCUT2D eigenvalue weighted by Gasteiger charge is 2.05. The molecule has 0 unspecified atom stereocenters. The highest BCUT2D eigenvalue weighted by Crippen LogP contribution is 2.29. The van der Waals surface area contributed by atoms with Crippen molar-refractivity contribution in [1.82, 2.24) is 14.8 Å². The van der Waals surface area contributed by atoms with Gasteiger partial charge in [-0.2, -0.15) is 5.10 Å². The number of benzene rings is 1. The Kier molecular flexibility index (Phi) is 3.46. The van der Waals surface area contributed by atoms with Crippen molar-refractivity contribution in [1.29, 1.82) is 0 Å². The monoisotopic (exact) mass is 235 g/mol. The maximum absolute atomic E-state index is 9.60. The summed E-state index contributed by atoms with van der Waals surface area (Å²) in [4.78, 5) is 5.05. The lowest BCUT2D eigenvalue weighted by Gasteiger charge is -2.04. The second-order valence-corrected chi connectivity index (χ2v) is 4.27. The molecule has 0 bridgehead atoms.